The van der Waals surface area contributed by atoms with E-state index in [2.05, 4.69) is 4.98 Å². The second-order valence-corrected chi connectivity index (χ2v) is 14.6. The highest BCUT2D eigenvalue weighted by atomic mass is 32.2. The smallest absolute Gasteiger partial charge is 0.493 e. The van der Waals surface area contributed by atoms with Gasteiger partial charge in [-0.25, -0.2) is 18.6 Å². The monoisotopic (exact) mass is 778 g/mol. The predicted octanol–water partition coefficient (Wildman–Crippen LogP) is 2.97. The molecule has 0 radical (unpaired) electrons. The third kappa shape index (κ3) is 7.56. The number of fused-ring (bicyclic) bond motifs is 2. The summed E-state index contributed by atoms with van der Waals surface area (Å²) in [4.78, 5) is 15.8. The number of carbonyl (C=O) groups is 1. The standard InChI is InChI=1S/C31H27F5N2O12S2/c32-17-8-19-22(9-18(17)33)51-23(37-19)11-47-15-2-4-21-16(7-15)24(39)13(10-48-21)5-12-6-14(38-52(45,46)31(34,35)36)1-3-20(12)49-30-27(42)25(40)26(41)28(50-30)29(43)44/h1-4,6-9,13,24-28,30,38-42H,5,10-11H2,(H,43,44)/t13-,24-,25+,26+,27-,28+,30-/m1/s1. The van der Waals surface area contributed by atoms with Crippen molar-refractivity contribution in [3.05, 3.63) is 76.3 Å². The van der Waals surface area contributed by atoms with Crippen LogP contribution in [0.4, 0.5) is 27.6 Å². The normalized spacial score (nSPS) is 24.9. The average molecular weight is 779 g/mol. The van der Waals surface area contributed by atoms with Gasteiger partial charge in [0.15, 0.2) is 17.7 Å². The second kappa shape index (κ2) is 14.2. The molecule has 7 atom stereocenters. The van der Waals surface area contributed by atoms with Crippen LogP contribution in [0.2, 0.25) is 0 Å². The highest BCUT2D eigenvalue weighted by Crippen LogP contribution is 2.41. The van der Waals surface area contributed by atoms with E-state index in [0.717, 1.165) is 41.7 Å². The molecule has 2 aliphatic heterocycles. The fourth-order valence-corrected chi connectivity index (χ4v) is 7.00. The Balaban J connectivity index is 1.24. The molecule has 2 aliphatic rings. The van der Waals surface area contributed by atoms with Crippen LogP contribution in [0.3, 0.4) is 0 Å². The minimum atomic E-state index is -5.88. The van der Waals surface area contributed by atoms with Gasteiger partial charge in [-0.3, -0.25) is 4.72 Å². The number of hydrogen-bond donors (Lipinski definition) is 6. The van der Waals surface area contributed by atoms with Gasteiger partial charge in [0.25, 0.3) is 0 Å². The molecule has 0 bridgehead atoms. The Kier molecular flexibility index (Phi) is 10.2. The van der Waals surface area contributed by atoms with Crippen molar-refractivity contribution in [2.24, 2.45) is 5.92 Å². The lowest BCUT2D eigenvalue weighted by atomic mass is 9.87. The van der Waals surface area contributed by atoms with Crippen LogP contribution >= 0.6 is 11.3 Å². The summed E-state index contributed by atoms with van der Waals surface area (Å²) in [6.07, 6.45) is -11.7. The molecule has 0 amide bonds. The van der Waals surface area contributed by atoms with Crippen molar-refractivity contribution in [3.63, 3.8) is 0 Å². The van der Waals surface area contributed by atoms with E-state index in [1.165, 1.54) is 22.9 Å². The van der Waals surface area contributed by atoms with Crippen molar-refractivity contribution >= 4 is 43.2 Å². The van der Waals surface area contributed by atoms with E-state index in [0.29, 0.717) is 9.71 Å². The number of carboxylic acid groups (broad SMARTS) is 1. The first kappa shape index (κ1) is 37.4. The van der Waals surface area contributed by atoms with Crippen molar-refractivity contribution < 1.29 is 79.6 Å². The van der Waals surface area contributed by atoms with Gasteiger partial charge < -0.3 is 44.5 Å². The summed E-state index contributed by atoms with van der Waals surface area (Å²) in [6.45, 7) is -0.272. The minimum Gasteiger partial charge on any atom is -0.493 e. The first-order valence-electron chi connectivity index (χ1n) is 15.0. The van der Waals surface area contributed by atoms with E-state index in [-0.39, 0.29) is 53.5 Å². The lowest BCUT2D eigenvalue weighted by molar-refractivity contribution is -0.271. The molecule has 280 valence electrons. The van der Waals surface area contributed by atoms with Gasteiger partial charge in [-0.1, -0.05) is 0 Å². The van der Waals surface area contributed by atoms with Crippen LogP contribution in [0, 0.1) is 17.6 Å². The Morgan fingerprint density at radius 2 is 1.73 bits per heavy atom. The van der Waals surface area contributed by atoms with Gasteiger partial charge in [0.05, 0.1) is 22.9 Å². The Morgan fingerprint density at radius 3 is 2.44 bits per heavy atom. The van der Waals surface area contributed by atoms with Crippen molar-refractivity contribution in [3.8, 4) is 17.2 Å². The van der Waals surface area contributed by atoms with Crippen molar-refractivity contribution in [2.45, 2.75) is 55.3 Å². The summed E-state index contributed by atoms with van der Waals surface area (Å²) in [6, 6.07) is 9.29. The maximum atomic E-state index is 13.6. The van der Waals surface area contributed by atoms with E-state index in [1.54, 1.807) is 0 Å². The fourth-order valence-electron chi connectivity index (χ4n) is 5.56. The lowest BCUT2D eigenvalue weighted by Crippen LogP contribution is -2.61. The molecule has 4 aromatic rings. The molecule has 1 fully saturated rings. The zero-order valence-corrected chi connectivity index (χ0v) is 27.7. The van der Waals surface area contributed by atoms with Gasteiger partial charge in [-0.2, -0.15) is 21.6 Å². The lowest BCUT2D eigenvalue weighted by Gasteiger charge is -2.38. The Morgan fingerprint density at radius 1 is 1.00 bits per heavy atom. The number of thiazole rings is 1. The molecule has 3 aromatic carbocycles. The van der Waals surface area contributed by atoms with Crippen molar-refractivity contribution in [1.29, 1.82) is 0 Å². The first-order valence-corrected chi connectivity index (χ1v) is 17.3. The predicted molar refractivity (Wildman–Crippen MR) is 168 cm³/mol. The SMILES string of the molecule is O=C(O)[C@H]1O[C@@H](Oc2ccc(NS(=O)(=O)C(F)(F)F)cc2C[C@@H]2COc3ccc(OCc4nc5cc(F)c(F)cc5s4)cc3[C@@H]2O)[C@H](O)[C@@H](O)[C@@H]1O. The zero-order chi connectivity index (χ0) is 37.7. The third-order valence-electron chi connectivity index (χ3n) is 8.19. The quantitative estimate of drug-likeness (QED) is 0.128. The van der Waals surface area contributed by atoms with Crippen LogP contribution in [0.1, 0.15) is 22.2 Å². The minimum absolute atomic E-state index is 0.0714. The van der Waals surface area contributed by atoms with Crippen LogP contribution in [0.15, 0.2) is 48.5 Å². The summed E-state index contributed by atoms with van der Waals surface area (Å²) < 4.78 is 115. The second-order valence-electron chi connectivity index (χ2n) is 11.8. The molecule has 14 nitrogen and oxygen atoms in total. The maximum absolute atomic E-state index is 13.6. The van der Waals surface area contributed by atoms with E-state index in [4.69, 9.17) is 18.9 Å². The van der Waals surface area contributed by atoms with Gasteiger partial charge in [0.2, 0.25) is 6.29 Å². The summed E-state index contributed by atoms with van der Waals surface area (Å²) >= 11 is 1.08. The fraction of sp³-hybridized carbons (Fsp3) is 0.355. The molecule has 1 aromatic heterocycles. The number of aliphatic hydroxyl groups excluding tert-OH is 4. The Labute approximate surface area is 293 Å². The number of aliphatic carboxylic acids is 1. The molecule has 0 saturated carbocycles. The summed E-state index contributed by atoms with van der Waals surface area (Å²) in [5, 5.41) is 51.8. The third-order valence-corrected chi connectivity index (χ3v) is 10.3. The molecule has 3 heterocycles. The highest BCUT2D eigenvalue weighted by molar-refractivity contribution is 7.93. The summed E-state index contributed by atoms with van der Waals surface area (Å²) in [7, 11) is -5.88. The molecule has 6 rings (SSSR count). The topological polar surface area (TPSA) is 214 Å². The first-order chi connectivity index (χ1) is 24.4. The molecule has 6 N–H and O–H groups in total. The number of hydrogen-bond acceptors (Lipinski definition) is 13. The molecule has 0 aliphatic carbocycles. The van der Waals surface area contributed by atoms with Crippen LogP contribution in [-0.4, -0.2) is 87.7 Å². The van der Waals surface area contributed by atoms with Gasteiger partial charge in [-0.05, 0) is 54.4 Å². The van der Waals surface area contributed by atoms with Crippen LogP contribution in [0.5, 0.6) is 17.2 Å². The molecule has 0 unspecified atom stereocenters. The summed E-state index contributed by atoms with van der Waals surface area (Å²) in [5.41, 5.74) is -5.86. The number of anilines is 1. The van der Waals surface area contributed by atoms with Crippen molar-refractivity contribution in [2.75, 3.05) is 11.3 Å². The van der Waals surface area contributed by atoms with Crippen LogP contribution in [0.25, 0.3) is 10.2 Å². The van der Waals surface area contributed by atoms with E-state index in [1.807, 2.05) is 0 Å². The molecule has 21 heteroatoms. The number of rotatable bonds is 10. The van der Waals surface area contributed by atoms with E-state index >= 15 is 0 Å². The van der Waals surface area contributed by atoms with Crippen LogP contribution in [-0.2, 0) is 32.6 Å². The molecular weight excluding hydrogens is 751 g/mol. The number of carboxylic acids is 1. The average Bonchev–Trinajstić information content (AvgIpc) is 3.46. The Bertz CT molecular complexity index is 2060. The number of benzene rings is 3. The number of nitrogens with zero attached hydrogens (tertiary/aromatic N) is 1. The molecular formula is C31H27F5N2O12S2. The number of sulfonamides is 1. The van der Waals surface area contributed by atoms with Gasteiger partial charge >= 0.3 is 21.5 Å². The summed E-state index contributed by atoms with van der Waals surface area (Å²) in [5.74, 6) is -4.45. The number of halogens is 5. The molecule has 0 spiro atoms. The number of ether oxygens (including phenoxy) is 4. The van der Waals surface area contributed by atoms with Gasteiger partial charge in [0.1, 0.15) is 47.2 Å². The zero-order valence-electron chi connectivity index (χ0n) is 26.0. The van der Waals surface area contributed by atoms with E-state index in [9.17, 15) is 60.7 Å². The van der Waals surface area contributed by atoms with Gasteiger partial charge in [0, 0.05) is 23.2 Å². The molecule has 52 heavy (non-hydrogen) atoms. The largest absolute Gasteiger partial charge is 0.516 e. The number of nitrogens with one attached hydrogen (secondary N) is 1. The Hall–Kier alpha value is -4.38. The van der Waals surface area contributed by atoms with Crippen molar-refractivity contribution in [1.82, 2.24) is 4.98 Å². The number of alkyl halides is 3. The number of aromatic nitrogens is 1. The van der Waals surface area contributed by atoms with E-state index < -0.39 is 81.6 Å². The number of aliphatic hydroxyl groups is 4. The van der Waals surface area contributed by atoms with Crippen LogP contribution < -0.4 is 18.9 Å². The maximum Gasteiger partial charge on any atom is 0.516 e. The molecule has 1 saturated heterocycles. The van der Waals surface area contributed by atoms with Gasteiger partial charge in [-0.15, -0.1) is 11.3 Å². The highest BCUT2D eigenvalue weighted by Gasteiger charge is 2.49.